The van der Waals surface area contributed by atoms with Crippen molar-refractivity contribution in [2.75, 3.05) is 27.2 Å². The van der Waals surface area contributed by atoms with Gasteiger partial charge >= 0.3 is 0 Å². The number of hydrogen-bond acceptors (Lipinski definition) is 2. The smallest absolute Gasteiger partial charge is 0.0335 e. The van der Waals surface area contributed by atoms with Crippen LogP contribution in [0, 0.1) is 0 Å². The molecule has 1 aromatic rings. The Morgan fingerprint density at radius 3 is 2.93 bits per heavy atom. The highest BCUT2D eigenvalue weighted by atomic mass is 15.1. The van der Waals surface area contributed by atoms with Gasteiger partial charge in [-0.1, -0.05) is 24.3 Å². The van der Waals surface area contributed by atoms with Crippen LogP contribution in [0.15, 0.2) is 24.3 Å². The van der Waals surface area contributed by atoms with Gasteiger partial charge in [-0.15, -0.1) is 0 Å². The Balaban J connectivity index is 2.08. The van der Waals surface area contributed by atoms with Crippen LogP contribution in [0.25, 0.3) is 0 Å². The molecule has 0 saturated heterocycles. The maximum absolute atomic E-state index is 3.60. The third-order valence-electron chi connectivity index (χ3n) is 3.08. The average Bonchev–Trinajstić information content (AvgIpc) is 2.26. The summed E-state index contributed by atoms with van der Waals surface area (Å²) < 4.78 is 0. The van der Waals surface area contributed by atoms with Gasteiger partial charge in [-0.2, -0.15) is 0 Å². The van der Waals surface area contributed by atoms with Crippen LogP contribution in [0.2, 0.25) is 0 Å². The van der Waals surface area contributed by atoms with Gasteiger partial charge < -0.3 is 10.2 Å². The van der Waals surface area contributed by atoms with Crippen molar-refractivity contribution in [1.82, 2.24) is 10.2 Å². The van der Waals surface area contributed by atoms with Gasteiger partial charge in [0.1, 0.15) is 0 Å². The van der Waals surface area contributed by atoms with Crippen molar-refractivity contribution < 1.29 is 0 Å². The molecule has 0 aromatic heterocycles. The monoisotopic (exact) mass is 204 g/mol. The van der Waals surface area contributed by atoms with Crippen LogP contribution in [0.1, 0.15) is 23.6 Å². The zero-order valence-electron chi connectivity index (χ0n) is 9.66. The molecule has 82 valence electrons. The molecule has 0 amide bonds. The normalized spacial score (nSPS) is 20.3. The summed E-state index contributed by atoms with van der Waals surface area (Å²) in [4.78, 5) is 2.25. The van der Waals surface area contributed by atoms with E-state index in [-0.39, 0.29) is 0 Å². The summed E-state index contributed by atoms with van der Waals surface area (Å²) in [7, 11) is 4.27. The number of nitrogens with one attached hydrogen (secondary N) is 1. The van der Waals surface area contributed by atoms with Crippen molar-refractivity contribution >= 4 is 0 Å². The van der Waals surface area contributed by atoms with E-state index in [1.54, 1.807) is 0 Å². The van der Waals surface area contributed by atoms with Gasteiger partial charge in [-0.3, -0.25) is 0 Å². The minimum atomic E-state index is 0.553. The third kappa shape index (κ3) is 2.58. The first kappa shape index (κ1) is 10.7. The summed E-state index contributed by atoms with van der Waals surface area (Å²) in [6.45, 7) is 2.26. The molecule has 0 saturated carbocycles. The zero-order valence-corrected chi connectivity index (χ0v) is 9.66. The molecule has 0 radical (unpaired) electrons. The topological polar surface area (TPSA) is 15.3 Å². The molecular formula is C13H20N2. The summed E-state index contributed by atoms with van der Waals surface area (Å²) in [6, 6.07) is 9.37. The molecule has 0 spiro atoms. The van der Waals surface area contributed by atoms with Gasteiger partial charge in [-0.25, -0.2) is 0 Å². The van der Waals surface area contributed by atoms with Crippen LogP contribution in [-0.2, 0) is 6.42 Å². The van der Waals surface area contributed by atoms with Crippen LogP contribution >= 0.6 is 0 Å². The van der Waals surface area contributed by atoms with Gasteiger partial charge in [0.15, 0.2) is 0 Å². The highest BCUT2D eigenvalue weighted by Crippen LogP contribution is 2.24. The highest BCUT2D eigenvalue weighted by Gasteiger charge is 2.18. The zero-order chi connectivity index (χ0) is 10.7. The number of rotatable bonds is 3. The van der Waals surface area contributed by atoms with Crippen molar-refractivity contribution in [1.29, 1.82) is 0 Å². The number of nitrogens with zero attached hydrogens (tertiary/aromatic N) is 1. The molecule has 1 aliphatic rings. The van der Waals surface area contributed by atoms with Gasteiger partial charge in [0.2, 0.25) is 0 Å². The van der Waals surface area contributed by atoms with Crippen molar-refractivity contribution in [3.8, 4) is 0 Å². The molecule has 0 bridgehead atoms. The van der Waals surface area contributed by atoms with E-state index in [4.69, 9.17) is 0 Å². The molecule has 2 nitrogen and oxygen atoms in total. The van der Waals surface area contributed by atoms with Crippen LogP contribution in [0.4, 0.5) is 0 Å². The molecule has 1 atom stereocenters. The summed E-state index contributed by atoms with van der Waals surface area (Å²) in [5.41, 5.74) is 3.03. The molecule has 1 aliphatic heterocycles. The summed E-state index contributed by atoms with van der Waals surface area (Å²) >= 11 is 0. The highest BCUT2D eigenvalue weighted by molar-refractivity contribution is 5.32. The quantitative estimate of drug-likeness (QED) is 0.808. The molecular weight excluding hydrogens is 184 g/mol. The lowest BCUT2D eigenvalue weighted by atomic mass is 9.92. The predicted octanol–water partition coefficient (Wildman–Crippen LogP) is 1.83. The van der Waals surface area contributed by atoms with Crippen molar-refractivity contribution in [2.24, 2.45) is 0 Å². The molecule has 2 heteroatoms. The minimum absolute atomic E-state index is 0.553. The van der Waals surface area contributed by atoms with E-state index in [2.05, 4.69) is 48.6 Å². The number of benzene rings is 1. The first-order valence-corrected chi connectivity index (χ1v) is 5.73. The van der Waals surface area contributed by atoms with E-state index in [1.165, 1.54) is 24.0 Å². The molecule has 1 heterocycles. The minimum Gasteiger partial charge on any atom is -0.310 e. The third-order valence-corrected chi connectivity index (χ3v) is 3.08. The van der Waals surface area contributed by atoms with Crippen LogP contribution in [-0.4, -0.2) is 32.1 Å². The van der Waals surface area contributed by atoms with Gasteiger partial charge in [-0.05, 0) is 51.2 Å². The van der Waals surface area contributed by atoms with Crippen LogP contribution < -0.4 is 5.32 Å². The van der Waals surface area contributed by atoms with E-state index < -0.39 is 0 Å². The second-order valence-electron chi connectivity index (χ2n) is 4.55. The predicted molar refractivity (Wildman–Crippen MR) is 64.1 cm³/mol. The first-order valence-electron chi connectivity index (χ1n) is 5.73. The van der Waals surface area contributed by atoms with Crippen LogP contribution in [0.5, 0.6) is 0 Å². The molecule has 0 aliphatic carbocycles. The lowest BCUT2D eigenvalue weighted by Gasteiger charge is -2.27. The largest absolute Gasteiger partial charge is 0.310 e. The Hall–Kier alpha value is -0.860. The van der Waals surface area contributed by atoms with E-state index in [0.717, 1.165) is 13.1 Å². The number of hydrogen-bond donors (Lipinski definition) is 1. The van der Waals surface area contributed by atoms with Crippen molar-refractivity contribution in [3.63, 3.8) is 0 Å². The Labute approximate surface area is 92.3 Å². The second-order valence-corrected chi connectivity index (χ2v) is 4.55. The lowest BCUT2D eigenvalue weighted by Crippen LogP contribution is -2.32. The Morgan fingerprint density at radius 2 is 2.13 bits per heavy atom. The molecule has 1 N–H and O–H groups in total. The fraction of sp³-hybridized carbons (Fsp3) is 0.538. The SMILES string of the molecule is CN(C)CCC1NCCc2ccccc21. The molecule has 1 aromatic carbocycles. The molecule has 1 unspecified atom stereocenters. The fourth-order valence-corrected chi connectivity index (χ4v) is 2.24. The Morgan fingerprint density at radius 1 is 1.33 bits per heavy atom. The lowest BCUT2D eigenvalue weighted by molar-refractivity contribution is 0.355. The van der Waals surface area contributed by atoms with E-state index >= 15 is 0 Å². The fourth-order valence-electron chi connectivity index (χ4n) is 2.24. The van der Waals surface area contributed by atoms with Gasteiger partial charge in [0.05, 0.1) is 0 Å². The van der Waals surface area contributed by atoms with Crippen molar-refractivity contribution in [3.05, 3.63) is 35.4 Å². The maximum atomic E-state index is 3.60. The van der Waals surface area contributed by atoms with Crippen molar-refractivity contribution in [2.45, 2.75) is 18.9 Å². The standard InChI is InChI=1S/C13H20N2/c1-15(2)10-8-13-12-6-4-3-5-11(12)7-9-14-13/h3-6,13-14H,7-10H2,1-2H3. The van der Waals surface area contributed by atoms with E-state index in [0.29, 0.717) is 6.04 Å². The first-order chi connectivity index (χ1) is 7.27. The Bertz CT molecular complexity index is 320. The van der Waals surface area contributed by atoms with Crippen LogP contribution in [0.3, 0.4) is 0 Å². The molecule has 2 rings (SSSR count). The maximum Gasteiger partial charge on any atom is 0.0335 e. The van der Waals surface area contributed by atoms with E-state index in [9.17, 15) is 0 Å². The molecule has 0 fully saturated rings. The summed E-state index contributed by atoms with van der Waals surface area (Å²) in [6.07, 6.45) is 2.37. The van der Waals surface area contributed by atoms with E-state index in [1.807, 2.05) is 0 Å². The number of fused-ring (bicyclic) bond motifs is 1. The molecule has 15 heavy (non-hydrogen) atoms. The van der Waals surface area contributed by atoms with Gasteiger partial charge in [0.25, 0.3) is 0 Å². The second kappa shape index (κ2) is 4.77. The Kier molecular flexibility index (Phi) is 3.39. The summed E-state index contributed by atoms with van der Waals surface area (Å²) in [5, 5.41) is 3.60. The van der Waals surface area contributed by atoms with Gasteiger partial charge in [0, 0.05) is 6.04 Å². The summed E-state index contributed by atoms with van der Waals surface area (Å²) in [5.74, 6) is 0. The average molecular weight is 204 g/mol.